The second kappa shape index (κ2) is 9.99. The van der Waals surface area contributed by atoms with Crippen molar-refractivity contribution in [2.45, 2.75) is 53.4 Å². The van der Waals surface area contributed by atoms with Gasteiger partial charge in [-0.1, -0.05) is 41.5 Å². The van der Waals surface area contributed by atoms with Crippen molar-refractivity contribution in [1.82, 2.24) is 0 Å². The topological polar surface area (TPSA) is 26.3 Å². The van der Waals surface area contributed by atoms with Gasteiger partial charge in [-0.25, -0.2) is 4.79 Å². The zero-order valence-electron chi connectivity index (χ0n) is 14.3. The summed E-state index contributed by atoms with van der Waals surface area (Å²) in [5.74, 6) is -0.287. The Morgan fingerprint density at radius 2 is 1.86 bits per heavy atom. The predicted octanol–water partition coefficient (Wildman–Crippen LogP) is 5.45. The van der Waals surface area contributed by atoms with Crippen LogP contribution in [-0.2, 0) is 9.53 Å². The van der Waals surface area contributed by atoms with Gasteiger partial charge in [0.15, 0.2) is 0 Å². The second-order valence-electron chi connectivity index (χ2n) is 5.76. The van der Waals surface area contributed by atoms with Crippen LogP contribution in [0.4, 0.5) is 0 Å². The quantitative estimate of drug-likeness (QED) is 0.370. The molecule has 0 bridgehead atoms. The third kappa shape index (κ3) is 7.26. The molecule has 0 aliphatic heterocycles. The molecule has 0 aromatic carbocycles. The lowest BCUT2D eigenvalue weighted by molar-refractivity contribution is -0.137. The Bertz CT molecular complexity index is 528. The maximum atomic E-state index is 11.3. The molecule has 0 fully saturated rings. The van der Waals surface area contributed by atoms with Crippen LogP contribution in [0.5, 0.6) is 0 Å². The van der Waals surface area contributed by atoms with E-state index in [1.807, 2.05) is 19.1 Å². The molecule has 1 aliphatic rings. The first-order valence-electron chi connectivity index (χ1n) is 8.09. The van der Waals surface area contributed by atoms with Crippen molar-refractivity contribution < 1.29 is 9.53 Å². The van der Waals surface area contributed by atoms with Crippen LogP contribution in [0.2, 0.25) is 0 Å². The van der Waals surface area contributed by atoms with Crippen molar-refractivity contribution in [3.05, 3.63) is 58.7 Å². The minimum atomic E-state index is -0.287. The lowest BCUT2D eigenvalue weighted by Crippen LogP contribution is -1.99. The minimum absolute atomic E-state index is 0.287. The van der Waals surface area contributed by atoms with E-state index >= 15 is 0 Å². The van der Waals surface area contributed by atoms with Crippen molar-refractivity contribution in [3.63, 3.8) is 0 Å². The van der Waals surface area contributed by atoms with E-state index in [9.17, 15) is 4.79 Å². The zero-order chi connectivity index (χ0) is 16.4. The van der Waals surface area contributed by atoms with Crippen LogP contribution in [0.15, 0.2) is 58.7 Å². The normalized spacial score (nSPS) is 17.6. The van der Waals surface area contributed by atoms with E-state index in [2.05, 4.69) is 32.1 Å². The molecule has 22 heavy (non-hydrogen) atoms. The SMILES string of the molecule is CCOC(=O)/C=C(C)/C=C/C=C(C)\C=C\C1=C(C)CCCC1. The third-order valence-electron chi connectivity index (χ3n) is 3.69. The fourth-order valence-electron chi connectivity index (χ4n) is 2.36. The third-order valence-corrected chi connectivity index (χ3v) is 3.69. The molecule has 1 aliphatic carbocycles. The molecule has 0 radical (unpaired) electrons. The molecule has 0 N–H and O–H groups in total. The van der Waals surface area contributed by atoms with Crippen molar-refractivity contribution >= 4 is 5.97 Å². The Kier molecular flexibility index (Phi) is 8.27. The zero-order valence-corrected chi connectivity index (χ0v) is 14.3. The van der Waals surface area contributed by atoms with Crippen molar-refractivity contribution in [1.29, 1.82) is 0 Å². The molecular weight excluding hydrogens is 272 g/mol. The molecule has 2 heteroatoms. The van der Waals surface area contributed by atoms with E-state index < -0.39 is 0 Å². The van der Waals surface area contributed by atoms with Crippen molar-refractivity contribution in [2.75, 3.05) is 6.61 Å². The van der Waals surface area contributed by atoms with Gasteiger partial charge in [-0.3, -0.25) is 0 Å². The molecule has 1 rings (SSSR count). The molecule has 0 unspecified atom stereocenters. The summed E-state index contributed by atoms with van der Waals surface area (Å²) in [6, 6.07) is 0. The number of carbonyl (C=O) groups is 1. The van der Waals surface area contributed by atoms with Gasteiger partial charge in [-0.2, -0.15) is 0 Å². The molecule has 0 aromatic heterocycles. The van der Waals surface area contributed by atoms with Crippen LogP contribution in [0.1, 0.15) is 53.4 Å². The Morgan fingerprint density at radius 3 is 2.55 bits per heavy atom. The summed E-state index contributed by atoms with van der Waals surface area (Å²) in [6.07, 6.45) is 16.9. The summed E-state index contributed by atoms with van der Waals surface area (Å²) in [5.41, 5.74) is 5.10. The standard InChI is InChI=1S/C20H28O2/c1-5-22-20(21)15-17(3)10-8-9-16(2)13-14-19-12-7-6-11-18(19)4/h8-10,13-15H,5-7,11-12H2,1-4H3/b10-8+,14-13+,16-9-,17-15+. The summed E-state index contributed by atoms with van der Waals surface area (Å²) in [4.78, 5) is 11.3. The van der Waals surface area contributed by atoms with Gasteiger partial charge in [0.25, 0.3) is 0 Å². The smallest absolute Gasteiger partial charge is 0.330 e. The van der Waals surface area contributed by atoms with Crippen molar-refractivity contribution in [3.8, 4) is 0 Å². The van der Waals surface area contributed by atoms with E-state index in [4.69, 9.17) is 4.74 Å². The molecule has 0 saturated carbocycles. The van der Waals surface area contributed by atoms with Crippen molar-refractivity contribution in [2.24, 2.45) is 0 Å². The summed E-state index contributed by atoms with van der Waals surface area (Å²) >= 11 is 0. The van der Waals surface area contributed by atoms with E-state index in [1.165, 1.54) is 48.5 Å². The number of hydrogen-bond acceptors (Lipinski definition) is 2. The minimum Gasteiger partial charge on any atom is -0.463 e. The highest BCUT2D eigenvalue weighted by Gasteiger charge is 2.05. The molecule has 0 heterocycles. The average molecular weight is 300 g/mol. The molecule has 0 amide bonds. The molecule has 0 aromatic rings. The predicted molar refractivity (Wildman–Crippen MR) is 93.6 cm³/mol. The van der Waals surface area contributed by atoms with E-state index in [0.29, 0.717) is 6.61 Å². The Hall–Kier alpha value is -1.83. The Labute approximate surface area is 134 Å². The summed E-state index contributed by atoms with van der Waals surface area (Å²) in [7, 11) is 0. The monoisotopic (exact) mass is 300 g/mol. The number of rotatable bonds is 6. The number of carbonyl (C=O) groups excluding carboxylic acids is 1. The first-order chi connectivity index (χ1) is 10.5. The lowest BCUT2D eigenvalue weighted by atomic mass is 9.92. The molecule has 120 valence electrons. The van der Waals surface area contributed by atoms with Crippen LogP contribution in [-0.4, -0.2) is 12.6 Å². The highest BCUT2D eigenvalue weighted by atomic mass is 16.5. The Balaban J connectivity index is 2.58. The van der Waals surface area contributed by atoms with Gasteiger partial charge in [0, 0.05) is 6.08 Å². The van der Waals surface area contributed by atoms with Gasteiger partial charge in [-0.05, 0) is 64.5 Å². The van der Waals surface area contributed by atoms with E-state index in [0.717, 1.165) is 5.57 Å². The van der Waals surface area contributed by atoms with Gasteiger partial charge >= 0.3 is 5.97 Å². The number of ether oxygens (including phenoxy) is 1. The fourth-order valence-corrected chi connectivity index (χ4v) is 2.36. The fraction of sp³-hybridized carbons (Fsp3) is 0.450. The molecule has 0 saturated heterocycles. The highest BCUT2D eigenvalue weighted by Crippen LogP contribution is 2.25. The second-order valence-corrected chi connectivity index (χ2v) is 5.76. The van der Waals surface area contributed by atoms with E-state index in [-0.39, 0.29) is 5.97 Å². The van der Waals surface area contributed by atoms with Gasteiger partial charge in [0.05, 0.1) is 6.61 Å². The molecule has 2 nitrogen and oxygen atoms in total. The van der Waals surface area contributed by atoms with Gasteiger partial charge in [-0.15, -0.1) is 0 Å². The van der Waals surface area contributed by atoms with Crippen LogP contribution in [0, 0.1) is 0 Å². The average Bonchev–Trinajstić information content (AvgIpc) is 2.46. The summed E-state index contributed by atoms with van der Waals surface area (Å²) in [6.45, 7) is 8.43. The van der Waals surface area contributed by atoms with Crippen LogP contribution >= 0.6 is 0 Å². The van der Waals surface area contributed by atoms with Gasteiger partial charge in [0.1, 0.15) is 0 Å². The Morgan fingerprint density at radius 1 is 1.14 bits per heavy atom. The number of esters is 1. The van der Waals surface area contributed by atoms with Gasteiger partial charge < -0.3 is 4.74 Å². The largest absolute Gasteiger partial charge is 0.463 e. The lowest BCUT2D eigenvalue weighted by Gasteiger charge is -2.14. The molecular formula is C20H28O2. The van der Waals surface area contributed by atoms with Crippen LogP contribution in [0.25, 0.3) is 0 Å². The summed E-state index contributed by atoms with van der Waals surface area (Å²) < 4.78 is 4.87. The first kappa shape index (κ1) is 18.2. The van der Waals surface area contributed by atoms with E-state index in [1.54, 1.807) is 6.92 Å². The maximum absolute atomic E-state index is 11.3. The van der Waals surface area contributed by atoms with Gasteiger partial charge in [0.2, 0.25) is 0 Å². The van der Waals surface area contributed by atoms with Crippen LogP contribution in [0.3, 0.4) is 0 Å². The number of hydrogen-bond donors (Lipinski definition) is 0. The molecule has 0 atom stereocenters. The molecule has 0 spiro atoms. The number of allylic oxidation sites excluding steroid dienone is 9. The highest BCUT2D eigenvalue weighted by molar-refractivity contribution is 5.83. The first-order valence-corrected chi connectivity index (χ1v) is 8.09. The maximum Gasteiger partial charge on any atom is 0.330 e. The summed E-state index contributed by atoms with van der Waals surface area (Å²) in [5, 5.41) is 0. The van der Waals surface area contributed by atoms with Crippen LogP contribution < -0.4 is 0 Å².